The van der Waals surface area contributed by atoms with Crippen molar-refractivity contribution in [2.45, 2.75) is 59.2 Å². The first kappa shape index (κ1) is 18.7. The summed E-state index contributed by atoms with van der Waals surface area (Å²) in [5.74, 6) is -0.168. The highest BCUT2D eigenvalue weighted by atomic mass is 19.1. The second-order valence-electron chi connectivity index (χ2n) is 7.69. The van der Waals surface area contributed by atoms with Crippen molar-refractivity contribution >= 4 is 5.97 Å². The van der Waals surface area contributed by atoms with Gasteiger partial charge >= 0.3 is 5.97 Å². The Morgan fingerprint density at radius 2 is 1.88 bits per heavy atom. The Labute approximate surface area is 143 Å². The summed E-state index contributed by atoms with van der Waals surface area (Å²) >= 11 is 0. The smallest absolute Gasteiger partial charge is 0.312 e. The average molecular weight is 337 g/mol. The van der Waals surface area contributed by atoms with E-state index in [4.69, 9.17) is 9.47 Å². The van der Waals surface area contributed by atoms with Crippen LogP contribution >= 0.6 is 0 Å². The average Bonchev–Trinajstić information content (AvgIpc) is 2.46. The van der Waals surface area contributed by atoms with Crippen LogP contribution in [0.2, 0.25) is 0 Å². The fraction of sp³-hybridized carbons (Fsp3) is 0.632. The van der Waals surface area contributed by atoms with Gasteiger partial charge in [0.05, 0.1) is 11.5 Å². The molecule has 0 saturated carbocycles. The molecule has 0 amide bonds. The van der Waals surface area contributed by atoms with Gasteiger partial charge < -0.3 is 14.8 Å². The fourth-order valence-electron chi connectivity index (χ4n) is 2.81. The number of halogens is 1. The number of carbonyl (C=O) groups is 1. The van der Waals surface area contributed by atoms with E-state index in [0.717, 1.165) is 18.7 Å². The number of ether oxygens (including phenoxy) is 2. The van der Waals surface area contributed by atoms with E-state index in [9.17, 15) is 9.18 Å². The highest BCUT2D eigenvalue weighted by molar-refractivity contribution is 5.76. The van der Waals surface area contributed by atoms with Gasteiger partial charge in [-0.05, 0) is 59.8 Å². The van der Waals surface area contributed by atoms with E-state index in [1.807, 2.05) is 34.6 Å². The summed E-state index contributed by atoms with van der Waals surface area (Å²) < 4.78 is 25.6. The predicted molar refractivity (Wildman–Crippen MR) is 91.5 cm³/mol. The largest absolute Gasteiger partial charge is 0.490 e. The zero-order valence-electron chi connectivity index (χ0n) is 15.2. The molecule has 0 spiro atoms. The van der Waals surface area contributed by atoms with Crippen LogP contribution < -0.4 is 10.1 Å². The lowest BCUT2D eigenvalue weighted by Gasteiger charge is -2.40. The molecule has 134 valence electrons. The van der Waals surface area contributed by atoms with Gasteiger partial charge in [0.2, 0.25) is 0 Å². The number of piperidine rings is 1. The summed E-state index contributed by atoms with van der Waals surface area (Å²) in [6.45, 7) is 10.8. The van der Waals surface area contributed by atoms with E-state index in [1.165, 1.54) is 12.1 Å². The third kappa shape index (κ3) is 4.26. The molecule has 1 aromatic rings. The van der Waals surface area contributed by atoms with Gasteiger partial charge in [0, 0.05) is 24.5 Å². The molecule has 2 rings (SSSR count). The Bertz CT molecular complexity index is 587. The second-order valence-corrected chi connectivity index (χ2v) is 7.69. The third-order valence-corrected chi connectivity index (χ3v) is 4.11. The topological polar surface area (TPSA) is 47.6 Å². The number of rotatable bonds is 4. The molecule has 4 nitrogen and oxygen atoms in total. The maximum absolute atomic E-state index is 13.7. The van der Waals surface area contributed by atoms with Crippen molar-refractivity contribution in [3.63, 3.8) is 0 Å². The molecule has 0 bridgehead atoms. The Balaban J connectivity index is 2.46. The van der Waals surface area contributed by atoms with E-state index in [1.54, 1.807) is 6.07 Å². The lowest BCUT2D eigenvalue weighted by atomic mass is 9.83. The zero-order chi connectivity index (χ0) is 18.0. The quantitative estimate of drug-likeness (QED) is 0.850. The van der Waals surface area contributed by atoms with Crippen LogP contribution in [0, 0.1) is 11.2 Å². The van der Waals surface area contributed by atoms with Crippen molar-refractivity contribution < 1.29 is 18.7 Å². The van der Waals surface area contributed by atoms with Crippen molar-refractivity contribution in [3.8, 4) is 5.75 Å². The molecule has 0 radical (unpaired) electrons. The van der Waals surface area contributed by atoms with Crippen LogP contribution in [0.25, 0.3) is 0 Å². The van der Waals surface area contributed by atoms with E-state index in [-0.39, 0.29) is 17.9 Å². The lowest BCUT2D eigenvalue weighted by molar-refractivity contribution is -0.174. The van der Waals surface area contributed by atoms with Gasteiger partial charge in [-0.1, -0.05) is 0 Å². The first-order valence-corrected chi connectivity index (χ1v) is 8.55. The van der Waals surface area contributed by atoms with Crippen LogP contribution in [0.15, 0.2) is 18.2 Å². The van der Waals surface area contributed by atoms with Crippen molar-refractivity contribution in [2.75, 3.05) is 13.1 Å². The van der Waals surface area contributed by atoms with Crippen LogP contribution in [-0.2, 0) is 15.1 Å². The number of hydrogen-bond donors (Lipinski definition) is 1. The highest BCUT2D eigenvalue weighted by Gasteiger charge is 2.42. The van der Waals surface area contributed by atoms with E-state index < -0.39 is 11.0 Å². The molecular formula is C19H28FNO3. The van der Waals surface area contributed by atoms with Crippen molar-refractivity contribution in [1.29, 1.82) is 0 Å². The molecule has 0 aliphatic carbocycles. The van der Waals surface area contributed by atoms with Crippen LogP contribution in [0.4, 0.5) is 4.39 Å². The van der Waals surface area contributed by atoms with Gasteiger partial charge in [-0.15, -0.1) is 0 Å². The molecule has 24 heavy (non-hydrogen) atoms. The highest BCUT2D eigenvalue weighted by Crippen LogP contribution is 2.42. The summed E-state index contributed by atoms with van der Waals surface area (Å²) in [5.41, 5.74) is -0.637. The number of nitrogens with one attached hydrogen (secondary N) is 1. The minimum Gasteiger partial charge on any atom is -0.490 e. The summed E-state index contributed by atoms with van der Waals surface area (Å²) in [6.07, 6.45) is 1.17. The summed E-state index contributed by atoms with van der Waals surface area (Å²) in [6, 6.07) is 4.47. The first-order valence-electron chi connectivity index (χ1n) is 8.55. The van der Waals surface area contributed by atoms with E-state index in [2.05, 4.69) is 5.32 Å². The monoisotopic (exact) mass is 337 g/mol. The SMILES string of the molecule is CC(C)Oc1cc(F)ccc1C1(OC(=O)C(C)(C)C)CCNCC1. The molecule has 0 aromatic heterocycles. The molecule has 1 aliphatic heterocycles. The standard InChI is InChI=1S/C19H28FNO3/c1-13(2)23-16-12-14(20)6-7-15(16)19(8-10-21-11-9-19)24-17(22)18(3,4)5/h6-7,12-13,21H,8-11H2,1-5H3. The number of esters is 1. The Hall–Kier alpha value is -1.62. The fourth-order valence-corrected chi connectivity index (χ4v) is 2.81. The maximum Gasteiger partial charge on any atom is 0.312 e. The van der Waals surface area contributed by atoms with Gasteiger partial charge in [-0.3, -0.25) is 4.79 Å². The third-order valence-electron chi connectivity index (χ3n) is 4.11. The number of hydrogen-bond acceptors (Lipinski definition) is 4. The first-order chi connectivity index (χ1) is 11.1. The van der Waals surface area contributed by atoms with Crippen molar-refractivity contribution in [3.05, 3.63) is 29.6 Å². The molecule has 0 atom stereocenters. The molecule has 1 fully saturated rings. The lowest BCUT2D eigenvalue weighted by Crippen LogP contribution is -2.45. The van der Waals surface area contributed by atoms with Crippen LogP contribution in [-0.4, -0.2) is 25.2 Å². The zero-order valence-corrected chi connectivity index (χ0v) is 15.2. The van der Waals surface area contributed by atoms with Crippen LogP contribution in [0.1, 0.15) is 53.0 Å². The minimum absolute atomic E-state index is 0.0948. The van der Waals surface area contributed by atoms with Crippen LogP contribution in [0.5, 0.6) is 5.75 Å². The summed E-state index contributed by atoms with van der Waals surface area (Å²) in [5, 5.41) is 3.29. The predicted octanol–water partition coefficient (Wildman–Crippen LogP) is 3.78. The number of carbonyl (C=O) groups excluding carboxylic acids is 1. The molecule has 1 N–H and O–H groups in total. The van der Waals surface area contributed by atoms with Gasteiger partial charge in [-0.25, -0.2) is 4.39 Å². The molecule has 1 aromatic carbocycles. The normalized spacial score (nSPS) is 17.6. The van der Waals surface area contributed by atoms with Gasteiger partial charge in [0.25, 0.3) is 0 Å². The molecule has 1 saturated heterocycles. The number of benzene rings is 1. The Morgan fingerprint density at radius 1 is 1.25 bits per heavy atom. The maximum atomic E-state index is 13.7. The van der Waals surface area contributed by atoms with Crippen molar-refractivity contribution in [2.24, 2.45) is 5.41 Å². The van der Waals surface area contributed by atoms with Gasteiger partial charge in [-0.2, -0.15) is 0 Å². The molecule has 5 heteroatoms. The van der Waals surface area contributed by atoms with Gasteiger partial charge in [0.1, 0.15) is 17.2 Å². The molecule has 1 heterocycles. The molecule has 1 aliphatic rings. The van der Waals surface area contributed by atoms with Gasteiger partial charge in [0.15, 0.2) is 0 Å². The molecular weight excluding hydrogens is 309 g/mol. The minimum atomic E-state index is -0.784. The second kappa shape index (κ2) is 7.09. The van der Waals surface area contributed by atoms with E-state index >= 15 is 0 Å². The van der Waals surface area contributed by atoms with Crippen molar-refractivity contribution in [1.82, 2.24) is 5.32 Å². The Morgan fingerprint density at radius 3 is 2.42 bits per heavy atom. The Kier molecular flexibility index (Phi) is 5.53. The van der Waals surface area contributed by atoms with E-state index in [0.29, 0.717) is 18.6 Å². The van der Waals surface area contributed by atoms with Crippen LogP contribution in [0.3, 0.4) is 0 Å². The molecule has 0 unspecified atom stereocenters. The summed E-state index contributed by atoms with van der Waals surface area (Å²) in [4.78, 5) is 12.6. The summed E-state index contributed by atoms with van der Waals surface area (Å²) in [7, 11) is 0.